The molecule has 9 heteroatoms. The summed E-state index contributed by atoms with van der Waals surface area (Å²) in [6.07, 6.45) is -4.77. The highest BCUT2D eigenvalue weighted by atomic mass is 35.5. The van der Waals surface area contributed by atoms with Gasteiger partial charge in [0.15, 0.2) is 0 Å². The third-order valence-corrected chi connectivity index (χ3v) is 3.84. The molecule has 2 atom stereocenters. The molecule has 1 amide bonds. The van der Waals surface area contributed by atoms with Crippen molar-refractivity contribution < 1.29 is 32.3 Å². The molecular weight excluding hydrogens is 330 g/mol. The zero-order valence-corrected chi connectivity index (χ0v) is 11.7. The van der Waals surface area contributed by atoms with Crippen LogP contribution in [0.3, 0.4) is 0 Å². The first-order valence-electron chi connectivity index (χ1n) is 6.15. The van der Waals surface area contributed by atoms with E-state index in [4.69, 9.17) is 16.7 Å². The first-order chi connectivity index (χ1) is 10.1. The number of likely N-dealkylation sites (tertiary alicyclic amines) is 1. The number of amides is 1. The minimum Gasteiger partial charge on any atom is -0.481 e. The second-order valence-corrected chi connectivity index (χ2v) is 5.31. The van der Waals surface area contributed by atoms with E-state index in [-0.39, 0.29) is 5.02 Å². The molecule has 1 aromatic rings. The van der Waals surface area contributed by atoms with Crippen molar-refractivity contribution in [2.24, 2.45) is 11.8 Å². The number of benzene rings is 1. The topological polar surface area (TPSA) is 57.6 Å². The standard InChI is InChI=1S/C13H10ClF4NO3/c14-8-2-1-3-9(15)10(8)11(20)19-4-6(12(21)22)7(5-19)13(16,17)18/h1-3,6-7H,4-5H2,(H,21,22)/t6-,7-/m1/s1. The number of alkyl halides is 3. The molecule has 1 aliphatic rings. The molecule has 0 spiro atoms. The average molecular weight is 340 g/mol. The predicted molar refractivity (Wildman–Crippen MR) is 68.0 cm³/mol. The number of halogens is 5. The van der Waals surface area contributed by atoms with Gasteiger partial charge in [0.1, 0.15) is 5.82 Å². The molecule has 1 aliphatic heterocycles. The maximum Gasteiger partial charge on any atom is 0.394 e. The quantitative estimate of drug-likeness (QED) is 0.843. The molecule has 1 aromatic carbocycles. The fourth-order valence-electron chi connectivity index (χ4n) is 2.41. The summed E-state index contributed by atoms with van der Waals surface area (Å²) in [7, 11) is 0. The number of hydrogen-bond acceptors (Lipinski definition) is 2. The first-order valence-corrected chi connectivity index (χ1v) is 6.53. The molecule has 120 valence electrons. The van der Waals surface area contributed by atoms with Gasteiger partial charge in [0.2, 0.25) is 0 Å². The smallest absolute Gasteiger partial charge is 0.394 e. The molecular formula is C13H10ClF4NO3. The largest absolute Gasteiger partial charge is 0.481 e. The fourth-order valence-corrected chi connectivity index (χ4v) is 2.66. The number of hydrogen-bond donors (Lipinski definition) is 1. The van der Waals surface area contributed by atoms with Crippen LogP contribution in [0.15, 0.2) is 18.2 Å². The molecule has 0 aliphatic carbocycles. The van der Waals surface area contributed by atoms with Crippen molar-refractivity contribution in [1.82, 2.24) is 4.90 Å². The van der Waals surface area contributed by atoms with Crippen LogP contribution in [0.4, 0.5) is 17.6 Å². The summed E-state index contributed by atoms with van der Waals surface area (Å²) in [5, 5.41) is 8.64. The Hall–Kier alpha value is -1.83. The van der Waals surface area contributed by atoms with Gasteiger partial charge in [0.25, 0.3) is 5.91 Å². The SMILES string of the molecule is O=C(O)[C@@H]1CN(C(=O)c2c(F)cccc2Cl)C[C@H]1C(F)(F)F. The molecule has 2 rings (SSSR count). The zero-order chi connectivity index (χ0) is 16.7. The second kappa shape index (κ2) is 5.75. The summed E-state index contributed by atoms with van der Waals surface area (Å²) in [5.41, 5.74) is -0.559. The Morgan fingerprint density at radius 1 is 1.27 bits per heavy atom. The van der Waals surface area contributed by atoms with E-state index in [9.17, 15) is 27.2 Å². The molecule has 1 N–H and O–H groups in total. The lowest BCUT2D eigenvalue weighted by molar-refractivity contribution is -0.187. The van der Waals surface area contributed by atoms with Crippen molar-refractivity contribution in [3.63, 3.8) is 0 Å². The van der Waals surface area contributed by atoms with Gasteiger partial charge in [0.05, 0.1) is 22.4 Å². The number of carboxylic acid groups (broad SMARTS) is 1. The van der Waals surface area contributed by atoms with Gasteiger partial charge in [-0.1, -0.05) is 17.7 Å². The summed E-state index contributed by atoms with van der Waals surface area (Å²) in [6, 6.07) is 3.42. The van der Waals surface area contributed by atoms with E-state index in [1.807, 2.05) is 0 Å². The highest BCUT2D eigenvalue weighted by Crippen LogP contribution is 2.38. The van der Waals surface area contributed by atoms with Crippen molar-refractivity contribution in [2.45, 2.75) is 6.18 Å². The van der Waals surface area contributed by atoms with E-state index < -0.39 is 54.4 Å². The zero-order valence-electron chi connectivity index (χ0n) is 10.9. The average Bonchev–Trinajstić information content (AvgIpc) is 2.83. The van der Waals surface area contributed by atoms with E-state index >= 15 is 0 Å². The first kappa shape index (κ1) is 16.5. The van der Waals surface area contributed by atoms with Gasteiger partial charge in [-0.15, -0.1) is 0 Å². The summed E-state index contributed by atoms with van der Waals surface area (Å²) in [5.74, 6) is -7.66. The number of carbonyl (C=O) groups is 2. The lowest BCUT2D eigenvalue weighted by Gasteiger charge is -2.19. The number of rotatable bonds is 2. The maximum atomic E-state index is 13.7. The normalized spacial score (nSPS) is 22.0. The van der Waals surface area contributed by atoms with Gasteiger partial charge in [-0.25, -0.2) is 4.39 Å². The van der Waals surface area contributed by atoms with E-state index in [1.165, 1.54) is 12.1 Å². The molecule has 1 heterocycles. The van der Waals surface area contributed by atoms with Crippen molar-refractivity contribution in [1.29, 1.82) is 0 Å². The van der Waals surface area contributed by atoms with Crippen LogP contribution in [0.5, 0.6) is 0 Å². The maximum absolute atomic E-state index is 13.7. The molecule has 0 aromatic heterocycles. The Bertz CT molecular complexity index is 600. The Morgan fingerprint density at radius 3 is 2.36 bits per heavy atom. The molecule has 0 radical (unpaired) electrons. The minimum absolute atomic E-state index is 0.243. The Balaban J connectivity index is 2.31. The summed E-state index contributed by atoms with van der Waals surface area (Å²) in [6.45, 7) is -1.49. The van der Waals surface area contributed by atoms with Crippen LogP contribution in [-0.4, -0.2) is 41.1 Å². The van der Waals surface area contributed by atoms with Crippen molar-refractivity contribution >= 4 is 23.5 Å². The molecule has 1 saturated heterocycles. The highest BCUT2D eigenvalue weighted by molar-refractivity contribution is 6.33. The Kier molecular flexibility index (Phi) is 4.32. The van der Waals surface area contributed by atoms with Crippen LogP contribution in [0, 0.1) is 17.7 Å². The Labute approximate surface area is 127 Å². The van der Waals surface area contributed by atoms with Crippen molar-refractivity contribution in [2.75, 3.05) is 13.1 Å². The van der Waals surface area contributed by atoms with E-state index in [1.54, 1.807) is 0 Å². The monoisotopic (exact) mass is 339 g/mol. The number of carbonyl (C=O) groups excluding carboxylic acids is 1. The van der Waals surface area contributed by atoms with Crippen LogP contribution in [0.25, 0.3) is 0 Å². The van der Waals surface area contributed by atoms with Crippen LogP contribution in [-0.2, 0) is 4.79 Å². The van der Waals surface area contributed by atoms with Gasteiger partial charge >= 0.3 is 12.1 Å². The molecule has 4 nitrogen and oxygen atoms in total. The lowest BCUT2D eigenvalue weighted by Crippen LogP contribution is -2.34. The van der Waals surface area contributed by atoms with Crippen LogP contribution < -0.4 is 0 Å². The molecule has 0 unspecified atom stereocenters. The van der Waals surface area contributed by atoms with Gasteiger partial charge in [-0.3, -0.25) is 9.59 Å². The highest BCUT2D eigenvalue weighted by Gasteiger charge is 2.53. The summed E-state index contributed by atoms with van der Waals surface area (Å²) in [4.78, 5) is 23.8. The van der Waals surface area contributed by atoms with E-state index in [2.05, 4.69) is 0 Å². The lowest BCUT2D eigenvalue weighted by atomic mass is 9.96. The van der Waals surface area contributed by atoms with Gasteiger partial charge in [-0.2, -0.15) is 13.2 Å². The third-order valence-electron chi connectivity index (χ3n) is 3.52. The van der Waals surface area contributed by atoms with Gasteiger partial charge < -0.3 is 10.0 Å². The molecule has 0 bridgehead atoms. The molecule has 22 heavy (non-hydrogen) atoms. The van der Waals surface area contributed by atoms with Crippen LogP contribution in [0.1, 0.15) is 10.4 Å². The van der Waals surface area contributed by atoms with Crippen molar-refractivity contribution in [3.8, 4) is 0 Å². The third kappa shape index (κ3) is 3.01. The summed E-state index contributed by atoms with van der Waals surface area (Å²) >= 11 is 5.70. The van der Waals surface area contributed by atoms with Crippen molar-refractivity contribution in [3.05, 3.63) is 34.6 Å². The Morgan fingerprint density at radius 2 is 1.91 bits per heavy atom. The summed E-state index contributed by atoms with van der Waals surface area (Å²) < 4.78 is 52.3. The number of aliphatic carboxylic acids is 1. The van der Waals surface area contributed by atoms with Gasteiger partial charge in [0, 0.05) is 13.1 Å². The fraction of sp³-hybridized carbons (Fsp3) is 0.385. The molecule has 1 fully saturated rings. The van der Waals surface area contributed by atoms with Gasteiger partial charge in [-0.05, 0) is 12.1 Å². The van der Waals surface area contributed by atoms with E-state index in [0.717, 1.165) is 6.07 Å². The van der Waals surface area contributed by atoms with Crippen LogP contribution in [0.2, 0.25) is 5.02 Å². The minimum atomic E-state index is -4.77. The second-order valence-electron chi connectivity index (χ2n) is 4.90. The van der Waals surface area contributed by atoms with E-state index in [0.29, 0.717) is 4.90 Å². The predicted octanol–water partition coefficient (Wildman–Crippen LogP) is 2.81. The molecule has 0 saturated carbocycles. The number of nitrogens with zero attached hydrogens (tertiary/aromatic N) is 1. The number of carboxylic acids is 1. The van der Waals surface area contributed by atoms with Crippen LogP contribution >= 0.6 is 11.6 Å².